The fourth-order valence-electron chi connectivity index (χ4n) is 2.72. The highest BCUT2D eigenvalue weighted by atomic mass is 16.5. The van der Waals surface area contributed by atoms with Crippen LogP contribution in [0, 0.1) is 5.92 Å². The summed E-state index contributed by atoms with van der Waals surface area (Å²) in [5.74, 6) is 1.77. The minimum absolute atomic E-state index is 0.131. The van der Waals surface area contributed by atoms with E-state index < -0.39 is 0 Å². The summed E-state index contributed by atoms with van der Waals surface area (Å²) in [6.07, 6.45) is 3.77. The van der Waals surface area contributed by atoms with Gasteiger partial charge in [-0.05, 0) is 50.5 Å². The zero-order valence-electron chi connectivity index (χ0n) is 13.5. The predicted molar refractivity (Wildman–Crippen MR) is 89.3 cm³/mol. The van der Waals surface area contributed by atoms with E-state index in [2.05, 4.69) is 10.3 Å². The number of benzene rings is 1. The second-order valence-electron chi connectivity index (χ2n) is 6.10. The van der Waals surface area contributed by atoms with Crippen molar-refractivity contribution in [1.82, 2.24) is 5.32 Å². The quantitative estimate of drug-likeness (QED) is 0.869. The van der Waals surface area contributed by atoms with Crippen molar-refractivity contribution in [3.05, 3.63) is 35.5 Å². The molecule has 5 nitrogen and oxygen atoms in total. The molecule has 2 aliphatic rings. The van der Waals surface area contributed by atoms with Gasteiger partial charge < -0.3 is 14.8 Å². The van der Waals surface area contributed by atoms with Gasteiger partial charge in [-0.3, -0.25) is 4.79 Å². The third-order valence-corrected chi connectivity index (χ3v) is 3.88. The molecule has 2 aliphatic heterocycles. The SMILES string of the molecule is CC(C)Oc1ccc(/C=C2/N=C(C3CCOCC3)NC2=O)cc1. The second-order valence-corrected chi connectivity index (χ2v) is 6.10. The van der Waals surface area contributed by atoms with Crippen LogP contribution < -0.4 is 10.1 Å². The Morgan fingerprint density at radius 2 is 1.96 bits per heavy atom. The second kappa shape index (κ2) is 6.96. The highest BCUT2D eigenvalue weighted by molar-refractivity contribution is 6.15. The highest BCUT2D eigenvalue weighted by Crippen LogP contribution is 2.22. The van der Waals surface area contributed by atoms with Gasteiger partial charge in [-0.25, -0.2) is 4.99 Å². The van der Waals surface area contributed by atoms with Crippen LogP contribution in [-0.4, -0.2) is 31.1 Å². The van der Waals surface area contributed by atoms with E-state index in [0.717, 1.165) is 43.2 Å². The first-order valence-corrected chi connectivity index (χ1v) is 8.08. The summed E-state index contributed by atoms with van der Waals surface area (Å²) in [6, 6.07) is 7.67. The number of carbonyl (C=O) groups excluding carboxylic acids is 1. The molecule has 0 aliphatic carbocycles. The van der Waals surface area contributed by atoms with E-state index in [9.17, 15) is 4.79 Å². The molecule has 1 fully saturated rings. The van der Waals surface area contributed by atoms with Crippen molar-refractivity contribution < 1.29 is 14.3 Å². The number of nitrogens with zero attached hydrogens (tertiary/aromatic N) is 1. The summed E-state index contributed by atoms with van der Waals surface area (Å²) in [6.45, 7) is 5.45. The molecule has 2 heterocycles. The van der Waals surface area contributed by atoms with Crippen molar-refractivity contribution >= 4 is 17.8 Å². The molecule has 0 atom stereocenters. The minimum atomic E-state index is -0.131. The van der Waals surface area contributed by atoms with Crippen LogP contribution >= 0.6 is 0 Å². The fourth-order valence-corrected chi connectivity index (χ4v) is 2.72. The zero-order valence-corrected chi connectivity index (χ0v) is 13.5. The van der Waals surface area contributed by atoms with Gasteiger partial charge in [-0.2, -0.15) is 0 Å². The number of rotatable bonds is 4. The van der Waals surface area contributed by atoms with Gasteiger partial charge >= 0.3 is 0 Å². The Balaban J connectivity index is 1.73. The molecule has 1 N–H and O–H groups in total. The first kappa shape index (κ1) is 15.7. The van der Waals surface area contributed by atoms with Crippen LogP contribution in [0.3, 0.4) is 0 Å². The Hall–Kier alpha value is -2.14. The standard InChI is InChI=1S/C18H22N2O3/c1-12(2)23-15-5-3-13(4-6-15)11-16-18(21)20-17(19-16)14-7-9-22-10-8-14/h3-6,11-12,14H,7-10H2,1-2H3,(H,19,20,21)/b16-11+. The molecule has 0 bridgehead atoms. The van der Waals surface area contributed by atoms with Crippen molar-refractivity contribution in [2.24, 2.45) is 10.9 Å². The molecule has 0 unspecified atom stereocenters. The van der Waals surface area contributed by atoms with Gasteiger partial charge in [-0.15, -0.1) is 0 Å². The maximum absolute atomic E-state index is 12.1. The maximum atomic E-state index is 12.1. The highest BCUT2D eigenvalue weighted by Gasteiger charge is 2.27. The van der Waals surface area contributed by atoms with Gasteiger partial charge in [0, 0.05) is 19.1 Å². The number of amidine groups is 1. The Morgan fingerprint density at radius 1 is 1.26 bits per heavy atom. The average molecular weight is 314 g/mol. The topological polar surface area (TPSA) is 59.9 Å². The number of nitrogens with one attached hydrogen (secondary N) is 1. The Bertz CT molecular complexity index is 626. The largest absolute Gasteiger partial charge is 0.491 e. The van der Waals surface area contributed by atoms with E-state index in [0.29, 0.717) is 11.6 Å². The smallest absolute Gasteiger partial charge is 0.275 e. The van der Waals surface area contributed by atoms with Gasteiger partial charge in [0.2, 0.25) is 0 Å². The fraction of sp³-hybridized carbons (Fsp3) is 0.444. The monoisotopic (exact) mass is 314 g/mol. The van der Waals surface area contributed by atoms with Crippen molar-refractivity contribution in [3.8, 4) is 5.75 Å². The van der Waals surface area contributed by atoms with Gasteiger partial charge in [0.15, 0.2) is 0 Å². The summed E-state index contributed by atoms with van der Waals surface area (Å²) in [5.41, 5.74) is 1.40. The third kappa shape index (κ3) is 3.99. The van der Waals surface area contributed by atoms with E-state index >= 15 is 0 Å². The predicted octanol–water partition coefficient (Wildman–Crippen LogP) is 2.77. The van der Waals surface area contributed by atoms with Crippen LogP contribution in [-0.2, 0) is 9.53 Å². The molecule has 0 radical (unpaired) electrons. The molecular formula is C18H22N2O3. The summed E-state index contributed by atoms with van der Waals surface area (Å²) in [7, 11) is 0. The van der Waals surface area contributed by atoms with Crippen LogP contribution in [0.4, 0.5) is 0 Å². The molecule has 5 heteroatoms. The maximum Gasteiger partial charge on any atom is 0.275 e. The van der Waals surface area contributed by atoms with Crippen molar-refractivity contribution in [1.29, 1.82) is 0 Å². The number of aliphatic imine (C=N–C) groups is 1. The van der Waals surface area contributed by atoms with Crippen LogP contribution in [0.1, 0.15) is 32.3 Å². The molecule has 23 heavy (non-hydrogen) atoms. The van der Waals surface area contributed by atoms with Crippen LogP contribution in [0.2, 0.25) is 0 Å². The van der Waals surface area contributed by atoms with E-state index in [1.54, 1.807) is 6.08 Å². The lowest BCUT2D eigenvalue weighted by atomic mass is 9.99. The Morgan fingerprint density at radius 3 is 2.61 bits per heavy atom. The summed E-state index contributed by atoms with van der Waals surface area (Å²) < 4.78 is 11.0. The van der Waals surface area contributed by atoms with Gasteiger partial charge in [0.25, 0.3) is 5.91 Å². The average Bonchev–Trinajstić information content (AvgIpc) is 2.91. The molecule has 0 saturated carbocycles. The molecule has 1 saturated heterocycles. The number of carbonyl (C=O) groups is 1. The molecule has 1 aromatic carbocycles. The number of ether oxygens (including phenoxy) is 2. The molecule has 1 aromatic rings. The number of amides is 1. The minimum Gasteiger partial charge on any atom is -0.491 e. The zero-order chi connectivity index (χ0) is 16.2. The lowest BCUT2D eigenvalue weighted by molar-refractivity contribution is -0.115. The lowest BCUT2D eigenvalue weighted by Gasteiger charge is -2.21. The normalized spacial score (nSPS) is 20.7. The van der Waals surface area contributed by atoms with Crippen LogP contribution in [0.15, 0.2) is 35.0 Å². The summed E-state index contributed by atoms with van der Waals surface area (Å²) >= 11 is 0. The first-order valence-electron chi connectivity index (χ1n) is 8.08. The third-order valence-electron chi connectivity index (χ3n) is 3.88. The molecule has 122 valence electrons. The van der Waals surface area contributed by atoms with Gasteiger partial charge in [-0.1, -0.05) is 12.1 Å². The Kier molecular flexibility index (Phi) is 4.76. The summed E-state index contributed by atoms with van der Waals surface area (Å²) in [4.78, 5) is 16.6. The van der Waals surface area contributed by atoms with Crippen LogP contribution in [0.5, 0.6) is 5.75 Å². The Labute approximate surface area is 136 Å². The van der Waals surface area contributed by atoms with Crippen molar-refractivity contribution in [3.63, 3.8) is 0 Å². The van der Waals surface area contributed by atoms with E-state index in [1.807, 2.05) is 38.1 Å². The van der Waals surface area contributed by atoms with Crippen LogP contribution in [0.25, 0.3) is 6.08 Å². The van der Waals surface area contributed by atoms with Gasteiger partial charge in [0.1, 0.15) is 17.3 Å². The van der Waals surface area contributed by atoms with Crippen molar-refractivity contribution in [2.45, 2.75) is 32.8 Å². The number of hydrogen-bond donors (Lipinski definition) is 1. The van der Waals surface area contributed by atoms with E-state index in [4.69, 9.17) is 9.47 Å². The molecule has 1 amide bonds. The molecule has 0 aromatic heterocycles. The number of hydrogen-bond acceptors (Lipinski definition) is 4. The molecule has 3 rings (SSSR count). The van der Waals surface area contributed by atoms with E-state index in [1.165, 1.54) is 0 Å². The first-order chi connectivity index (χ1) is 11.1. The van der Waals surface area contributed by atoms with E-state index in [-0.39, 0.29) is 12.0 Å². The summed E-state index contributed by atoms with van der Waals surface area (Å²) in [5, 5.41) is 2.89. The molecule has 0 spiro atoms. The van der Waals surface area contributed by atoms with Crippen molar-refractivity contribution in [2.75, 3.05) is 13.2 Å². The molecular weight excluding hydrogens is 292 g/mol. The lowest BCUT2D eigenvalue weighted by Crippen LogP contribution is -2.33. The van der Waals surface area contributed by atoms with Gasteiger partial charge in [0.05, 0.1) is 6.10 Å².